The average Bonchev–Trinajstić information content (AvgIpc) is 2.25. The van der Waals surface area contributed by atoms with Crippen LogP contribution in [0.1, 0.15) is 51.3 Å². The highest BCUT2D eigenvalue weighted by molar-refractivity contribution is 5.25. The molecule has 0 saturated carbocycles. The van der Waals surface area contributed by atoms with E-state index in [2.05, 4.69) is 57.3 Å². The van der Waals surface area contributed by atoms with E-state index in [0.29, 0.717) is 12.0 Å². The predicted molar refractivity (Wildman–Crippen MR) is 79.7 cm³/mol. The van der Waals surface area contributed by atoms with Crippen LogP contribution in [0.3, 0.4) is 0 Å². The van der Waals surface area contributed by atoms with Gasteiger partial charge in [-0.15, -0.1) is 0 Å². The molecule has 102 valence electrons. The molecule has 0 saturated heterocycles. The topological polar surface area (TPSA) is 38.0 Å². The first kappa shape index (κ1) is 15.2. The molecule has 0 radical (unpaired) electrons. The minimum absolute atomic E-state index is 0.149. The Morgan fingerprint density at radius 3 is 2.11 bits per heavy atom. The maximum atomic E-state index is 6.11. The van der Waals surface area contributed by atoms with E-state index >= 15 is 0 Å². The summed E-state index contributed by atoms with van der Waals surface area (Å²) in [5, 5.41) is 3.36. The van der Waals surface area contributed by atoms with E-state index in [9.17, 15) is 0 Å². The highest BCUT2D eigenvalue weighted by atomic mass is 14.9. The maximum absolute atomic E-state index is 6.11. The number of hydrogen-bond acceptors (Lipinski definition) is 2. The van der Waals surface area contributed by atoms with Crippen LogP contribution in [-0.2, 0) is 6.42 Å². The Hall–Kier alpha value is -0.860. The molecule has 0 fully saturated rings. The zero-order valence-electron chi connectivity index (χ0n) is 12.5. The van der Waals surface area contributed by atoms with Crippen molar-refractivity contribution in [1.29, 1.82) is 0 Å². The zero-order valence-corrected chi connectivity index (χ0v) is 12.5. The van der Waals surface area contributed by atoms with Gasteiger partial charge in [-0.3, -0.25) is 0 Å². The van der Waals surface area contributed by atoms with Gasteiger partial charge in [0.15, 0.2) is 0 Å². The Morgan fingerprint density at radius 2 is 1.72 bits per heavy atom. The van der Waals surface area contributed by atoms with Crippen LogP contribution in [-0.4, -0.2) is 12.6 Å². The molecule has 0 aromatic heterocycles. The van der Waals surface area contributed by atoms with Crippen molar-refractivity contribution in [3.8, 4) is 0 Å². The fraction of sp³-hybridized carbons (Fsp3) is 0.625. The Morgan fingerprint density at radius 1 is 1.17 bits per heavy atom. The van der Waals surface area contributed by atoms with Crippen molar-refractivity contribution in [2.45, 2.75) is 52.1 Å². The van der Waals surface area contributed by atoms with Gasteiger partial charge in [0.2, 0.25) is 0 Å². The van der Waals surface area contributed by atoms with Crippen molar-refractivity contribution >= 4 is 0 Å². The van der Waals surface area contributed by atoms with Crippen molar-refractivity contribution in [2.24, 2.45) is 11.7 Å². The fourth-order valence-electron chi connectivity index (χ4n) is 2.27. The van der Waals surface area contributed by atoms with Gasteiger partial charge in [-0.05, 0) is 50.8 Å². The molecule has 1 aromatic carbocycles. The summed E-state index contributed by atoms with van der Waals surface area (Å²) in [4.78, 5) is 0. The van der Waals surface area contributed by atoms with Gasteiger partial charge in [-0.1, -0.05) is 38.1 Å². The molecular formula is C16H28N2. The minimum Gasteiger partial charge on any atom is -0.325 e. The second-order valence-electron chi connectivity index (χ2n) is 6.37. The molecule has 18 heavy (non-hydrogen) atoms. The summed E-state index contributed by atoms with van der Waals surface area (Å²) in [6.07, 6.45) is 2.08. The van der Waals surface area contributed by atoms with Crippen LogP contribution in [0.15, 0.2) is 24.3 Å². The maximum Gasteiger partial charge on any atom is 0.0334 e. The molecule has 0 aliphatic carbocycles. The van der Waals surface area contributed by atoms with E-state index in [0.717, 1.165) is 12.8 Å². The van der Waals surface area contributed by atoms with Crippen LogP contribution >= 0.6 is 0 Å². The highest BCUT2D eigenvalue weighted by Crippen LogP contribution is 2.22. The van der Waals surface area contributed by atoms with Crippen molar-refractivity contribution in [3.63, 3.8) is 0 Å². The van der Waals surface area contributed by atoms with Crippen molar-refractivity contribution in [3.05, 3.63) is 35.4 Å². The lowest BCUT2D eigenvalue weighted by Crippen LogP contribution is -2.36. The van der Waals surface area contributed by atoms with Crippen molar-refractivity contribution < 1.29 is 0 Å². The lowest BCUT2D eigenvalue weighted by Gasteiger charge is -2.26. The first-order valence-corrected chi connectivity index (χ1v) is 6.87. The summed E-state index contributed by atoms with van der Waals surface area (Å²) in [6.45, 7) is 8.65. The largest absolute Gasteiger partial charge is 0.325 e. The molecule has 0 aliphatic heterocycles. The molecular weight excluding hydrogens is 220 g/mol. The van der Waals surface area contributed by atoms with E-state index in [-0.39, 0.29) is 5.54 Å². The molecule has 1 rings (SSSR count). The standard InChI is InChI=1S/C16H28N2/c1-12(2)10-13-6-8-14(9-7-13)15(18-5)11-16(3,4)17/h6-9,12,15,18H,10-11,17H2,1-5H3. The second kappa shape index (κ2) is 6.35. The quantitative estimate of drug-likeness (QED) is 0.811. The van der Waals surface area contributed by atoms with E-state index in [4.69, 9.17) is 5.73 Å². The minimum atomic E-state index is -0.149. The van der Waals surface area contributed by atoms with Crippen molar-refractivity contribution in [2.75, 3.05) is 7.05 Å². The molecule has 1 unspecified atom stereocenters. The monoisotopic (exact) mass is 248 g/mol. The summed E-state index contributed by atoms with van der Waals surface area (Å²) in [7, 11) is 2.00. The first-order valence-electron chi connectivity index (χ1n) is 6.87. The third-order valence-electron chi connectivity index (χ3n) is 3.10. The summed E-state index contributed by atoms with van der Waals surface area (Å²) in [5.74, 6) is 0.707. The van der Waals surface area contributed by atoms with E-state index in [1.165, 1.54) is 11.1 Å². The van der Waals surface area contributed by atoms with Crippen molar-refractivity contribution in [1.82, 2.24) is 5.32 Å². The number of nitrogens with two attached hydrogens (primary N) is 1. The summed E-state index contributed by atoms with van der Waals surface area (Å²) >= 11 is 0. The molecule has 0 spiro atoms. The summed E-state index contributed by atoms with van der Waals surface area (Å²) in [5.41, 5.74) is 8.69. The lowest BCUT2D eigenvalue weighted by molar-refractivity contribution is 0.396. The van der Waals surface area contributed by atoms with Gasteiger partial charge >= 0.3 is 0 Å². The molecule has 0 bridgehead atoms. The zero-order chi connectivity index (χ0) is 13.8. The van der Waals surface area contributed by atoms with Gasteiger partial charge in [-0.2, -0.15) is 0 Å². The van der Waals surface area contributed by atoms with Gasteiger partial charge in [-0.25, -0.2) is 0 Å². The summed E-state index contributed by atoms with van der Waals surface area (Å²) < 4.78 is 0. The Kier molecular flexibility index (Phi) is 5.36. The number of hydrogen-bond donors (Lipinski definition) is 2. The van der Waals surface area contributed by atoms with Gasteiger partial charge in [0.25, 0.3) is 0 Å². The van der Waals surface area contributed by atoms with Gasteiger partial charge < -0.3 is 11.1 Å². The third kappa shape index (κ3) is 5.19. The van der Waals surface area contributed by atoms with E-state index < -0.39 is 0 Å². The van der Waals surface area contributed by atoms with E-state index in [1.807, 2.05) is 7.05 Å². The van der Waals surface area contributed by atoms with Crippen LogP contribution in [0, 0.1) is 5.92 Å². The number of benzene rings is 1. The van der Waals surface area contributed by atoms with Crippen LogP contribution in [0.4, 0.5) is 0 Å². The van der Waals surface area contributed by atoms with Gasteiger partial charge in [0.1, 0.15) is 0 Å². The van der Waals surface area contributed by atoms with Crippen LogP contribution in [0.5, 0.6) is 0 Å². The summed E-state index contributed by atoms with van der Waals surface area (Å²) in [6, 6.07) is 9.26. The molecule has 2 heteroatoms. The number of rotatable bonds is 6. The molecule has 0 amide bonds. The average molecular weight is 248 g/mol. The van der Waals surface area contributed by atoms with Crippen LogP contribution in [0.2, 0.25) is 0 Å². The third-order valence-corrected chi connectivity index (χ3v) is 3.10. The molecule has 3 N–H and O–H groups in total. The normalized spacial score (nSPS) is 13.9. The van der Waals surface area contributed by atoms with Gasteiger partial charge in [0, 0.05) is 11.6 Å². The Balaban J connectivity index is 2.75. The molecule has 1 aromatic rings. The fourth-order valence-corrected chi connectivity index (χ4v) is 2.27. The number of nitrogens with one attached hydrogen (secondary N) is 1. The second-order valence-corrected chi connectivity index (χ2v) is 6.37. The molecule has 0 heterocycles. The molecule has 1 atom stereocenters. The first-order chi connectivity index (χ1) is 8.31. The molecule has 0 aliphatic rings. The smallest absolute Gasteiger partial charge is 0.0334 e. The van der Waals surface area contributed by atoms with E-state index in [1.54, 1.807) is 0 Å². The molecule has 2 nitrogen and oxygen atoms in total. The highest BCUT2D eigenvalue weighted by Gasteiger charge is 2.19. The lowest BCUT2D eigenvalue weighted by atomic mass is 9.91. The predicted octanol–water partition coefficient (Wildman–Crippen LogP) is 3.27. The van der Waals surface area contributed by atoms with Crippen LogP contribution in [0.25, 0.3) is 0 Å². The SMILES string of the molecule is CNC(CC(C)(C)N)c1ccc(CC(C)C)cc1. The van der Waals surface area contributed by atoms with Crippen LogP contribution < -0.4 is 11.1 Å². The van der Waals surface area contributed by atoms with Gasteiger partial charge in [0.05, 0.1) is 0 Å². The Bertz CT molecular complexity index is 346. The Labute approximate surface area is 112 Å².